The molecule has 1 aromatic carbocycles. The lowest BCUT2D eigenvalue weighted by atomic mass is 9.93. The third-order valence-corrected chi connectivity index (χ3v) is 4.20. The summed E-state index contributed by atoms with van der Waals surface area (Å²) >= 11 is 0. The molecule has 1 aliphatic rings. The van der Waals surface area contributed by atoms with Crippen molar-refractivity contribution in [3.05, 3.63) is 35.9 Å². The van der Waals surface area contributed by atoms with E-state index in [-0.39, 0.29) is 25.0 Å². The van der Waals surface area contributed by atoms with Gasteiger partial charge in [0.1, 0.15) is 0 Å². The van der Waals surface area contributed by atoms with Crippen molar-refractivity contribution in [3.63, 3.8) is 0 Å². The first-order valence-electron chi connectivity index (χ1n) is 7.01. The van der Waals surface area contributed by atoms with Crippen molar-refractivity contribution in [2.24, 2.45) is 11.7 Å². The fourth-order valence-corrected chi connectivity index (χ4v) is 2.82. The number of rotatable bonds is 3. The number of nitrogens with two attached hydrogens (primary N) is 1. The predicted molar refractivity (Wildman–Crippen MR) is 73.2 cm³/mol. The van der Waals surface area contributed by atoms with Crippen molar-refractivity contribution in [1.29, 1.82) is 0 Å². The molecule has 0 bridgehead atoms. The van der Waals surface area contributed by atoms with E-state index in [1.807, 2.05) is 42.2 Å². The van der Waals surface area contributed by atoms with E-state index < -0.39 is 12.1 Å². The maximum atomic E-state index is 12.8. The van der Waals surface area contributed by atoms with E-state index in [0.29, 0.717) is 13.0 Å². The number of benzene rings is 1. The number of halogens is 3. The van der Waals surface area contributed by atoms with Crippen molar-refractivity contribution in [3.8, 4) is 0 Å². The van der Waals surface area contributed by atoms with Crippen LogP contribution in [0, 0.1) is 5.92 Å². The SMILES string of the molecule is CC(C(N)c1ccccc1)N1CCCC(C(F)(F)F)C1. The first kappa shape index (κ1) is 15.3. The van der Waals surface area contributed by atoms with Crippen LogP contribution in [0.1, 0.15) is 31.4 Å². The third kappa shape index (κ3) is 3.52. The van der Waals surface area contributed by atoms with E-state index in [9.17, 15) is 13.2 Å². The monoisotopic (exact) mass is 286 g/mol. The van der Waals surface area contributed by atoms with Gasteiger partial charge in [-0.25, -0.2) is 0 Å². The second-order valence-electron chi connectivity index (χ2n) is 5.55. The van der Waals surface area contributed by atoms with Crippen LogP contribution in [-0.4, -0.2) is 30.2 Å². The Morgan fingerprint density at radius 2 is 1.90 bits per heavy atom. The Balaban J connectivity index is 2.03. The molecule has 3 atom stereocenters. The minimum atomic E-state index is -4.10. The molecule has 2 nitrogen and oxygen atoms in total. The van der Waals surface area contributed by atoms with E-state index in [0.717, 1.165) is 5.56 Å². The predicted octanol–water partition coefficient (Wildman–Crippen LogP) is 3.35. The van der Waals surface area contributed by atoms with Gasteiger partial charge in [0, 0.05) is 18.6 Å². The quantitative estimate of drug-likeness (QED) is 0.923. The van der Waals surface area contributed by atoms with Crippen molar-refractivity contribution >= 4 is 0 Å². The standard InChI is InChI=1S/C15H21F3N2/c1-11(14(19)12-6-3-2-4-7-12)20-9-5-8-13(10-20)15(16,17)18/h2-4,6-7,11,13-14H,5,8-10,19H2,1H3. The Morgan fingerprint density at radius 3 is 2.50 bits per heavy atom. The molecule has 0 radical (unpaired) electrons. The summed E-state index contributed by atoms with van der Waals surface area (Å²) in [6, 6.07) is 9.19. The van der Waals surface area contributed by atoms with Crippen molar-refractivity contribution in [2.45, 2.75) is 38.0 Å². The van der Waals surface area contributed by atoms with Gasteiger partial charge in [-0.2, -0.15) is 13.2 Å². The molecule has 0 aliphatic carbocycles. The van der Waals surface area contributed by atoms with Gasteiger partial charge in [-0.1, -0.05) is 30.3 Å². The highest BCUT2D eigenvalue weighted by Gasteiger charge is 2.42. The van der Waals surface area contributed by atoms with Gasteiger partial charge < -0.3 is 5.73 Å². The average Bonchev–Trinajstić information content (AvgIpc) is 2.46. The fraction of sp³-hybridized carbons (Fsp3) is 0.600. The van der Waals surface area contributed by atoms with Gasteiger partial charge in [0.2, 0.25) is 0 Å². The maximum absolute atomic E-state index is 12.8. The number of likely N-dealkylation sites (tertiary alicyclic amines) is 1. The number of alkyl halides is 3. The molecule has 3 unspecified atom stereocenters. The van der Waals surface area contributed by atoms with Gasteiger partial charge in [0.25, 0.3) is 0 Å². The number of hydrogen-bond acceptors (Lipinski definition) is 2. The van der Waals surface area contributed by atoms with Crippen LogP contribution in [0.25, 0.3) is 0 Å². The van der Waals surface area contributed by atoms with Crippen LogP contribution in [0.4, 0.5) is 13.2 Å². The summed E-state index contributed by atoms with van der Waals surface area (Å²) in [4.78, 5) is 1.87. The van der Waals surface area contributed by atoms with Crippen LogP contribution in [0.5, 0.6) is 0 Å². The second kappa shape index (κ2) is 6.14. The molecular formula is C15H21F3N2. The molecule has 0 amide bonds. The number of hydrogen-bond donors (Lipinski definition) is 1. The Kier molecular flexibility index (Phi) is 4.70. The molecule has 1 heterocycles. The lowest BCUT2D eigenvalue weighted by Crippen LogP contribution is -2.49. The first-order chi connectivity index (χ1) is 9.39. The van der Waals surface area contributed by atoms with Crippen LogP contribution in [-0.2, 0) is 0 Å². The smallest absolute Gasteiger partial charge is 0.323 e. The molecule has 2 N–H and O–H groups in total. The molecule has 1 aromatic rings. The highest BCUT2D eigenvalue weighted by Crippen LogP contribution is 2.34. The summed E-state index contributed by atoms with van der Waals surface area (Å²) in [5.41, 5.74) is 7.17. The van der Waals surface area contributed by atoms with Gasteiger partial charge in [0.15, 0.2) is 0 Å². The van der Waals surface area contributed by atoms with Gasteiger partial charge in [-0.15, -0.1) is 0 Å². The van der Waals surface area contributed by atoms with Crippen LogP contribution in [0.15, 0.2) is 30.3 Å². The molecule has 0 spiro atoms. The molecular weight excluding hydrogens is 265 g/mol. The largest absolute Gasteiger partial charge is 0.393 e. The molecule has 0 saturated carbocycles. The number of nitrogens with zero attached hydrogens (tertiary/aromatic N) is 1. The molecule has 20 heavy (non-hydrogen) atoms. The van der Waals surface area contributed by atoms with Crippen LogP contribution < -0.4 is 5.73 Å². The van der Waals surface area contributed by atoms with Crippen LogP contribution in [0.3, 0.4) is 0 Å². The summed E-state index contributed by atoms with van der Waals surface area (Å²) < 4.78 is 38.5. The highest BCUT2D eigenvalue weighted by molar-refractivity contribution is 5.20. The molecule has 2 rings (SSSR count). The fourth-order valence-electron chi connectivity index (χ4n) is 2.82. The molecule has 5 heteroatoms. The minimum absolute atomic E-state index is 0.0607. The van der Waals surface area contributed by atoms with Crippen molar-refractivity contribution in [1.82, 2.24) is 4.90 Å². The topological polar surface area (TPSA) is 29.3 Å². The van der Waals surface area contributed by atoms with Gasteiger partial charge in [-0.05, 0) is 31.9 Å². The first-order valence-corrected chi connectivity index (χ1v) is 7.01. The molecule has 112 valence electrons. The summed E-state index contributed by atoms with van der Waals surface area (Å²) in [6.07, 6.45) is -3.29. The van der Waals surface area contributed by atoms with Crippen molar-refractivity contribution < 1.29 is 13.2 Å². The third-order valence-electron chi connectivity index (χ3n) is 4.20. The summed E-state index contributed by atoms with van der Waals surface area (Å²) in [6.45, 7) is 2.66. The Labute approximate surface area is 117 Å². The Hall–Kier alpha value is -1.07. The van der Waals surface area contributed by atoms with Gasteiger partial charge >= 0.3 is 6.18 Å². The molecule has 1 aliphatic heterocycles. The van der Waals surface area contributed by atoms with E-state index >= 15 is 0 Å². The lowest BCUT2D eigenvalue weighted by molar-refractivity contribution is -0.188. The normalized spacial score (nSPS) is 24.4. The maximum Gasteiger partial charge on any atom is 0.393 e. The van der Waals surface area contributed by atoms with E-state index in [1.165, 1.54) is 0 Å². The van der Waals surface area contributed by atoms with Crippen LogP contribution in [0.2, 0.25) is 0 Å². The van der Waals surface area contributed by atoms with E-state index in [2.05, 4.69) is 0 Å². The van der Waals surface area contributed by atoms with Crippen molar-refractivity contribution in [2.75, 3.05) is 13.1 Å². The van der Waals surface area contributed by atoms with Gasteiger partial charge in [-0.3, -0.25) is 4.90 Å². The molecule has 1 fully saturated rings. The second-order valence-corrected chi connectivity index (χ2v) is 5.55. The summed E-state index contributed by atoms with van der Waals surface area (Å²) in [7, 11) is 0. The number of piperidine rings is 1. The zero-order valence-electron chi connectivity index (χ0n) is 11.6. The van der Waals surface area contributed by atoms with Gasteiger partial charge in [0.05, 0.1) is 5.92 Å². The van der Waals surface area contributed by atoms with E-state index in [4.69, 9.17) is 5.73 Å². The average molecular weight is 286 g/mol. The van der Waals surface area contributed by atoms with E-state index in [1.54, 1.807) is 0 Å². The molecule has 0 aromatic heterocycles. The summed E-state index contributed by atoms with van der Waals surface area (Å²) in [5.74, 6) is -1.22. The Morgan fingerprint density at radius 1 is 1.25 bits per heavy atom. The lowest BCUT2D eigenvalue weighted by Gasteiger charge is -2.39. The van der Waals surface area contributed by atoms with Crippen LogP contribution >= 0.6 is 0 Å². The summed E-state index contributed by atoms with van der Waals surface area (Å²) in [5, 5.41) is 0. The Bertz CT molecular complexity index is 419. The zero-order valence-corrected chi connectivity index (χ0v) is 11.6. The highest BCUT2D eigenvalue weighted by atomic mass is 19.4. The molecule has 1 saturated heterocycles. The zero-order chi connectivity index (χ0) is 14.8. The minimum Gasteiger partial charge on any atom is -0.323 e.